The number of halogens is 1. The van der Waals surface area contributed by atoms with Gasteiger partial charge in [-0.25, -0.2) is 4.98 Å². The van der Waals surface area contributed by atoms with E-state index in [1.165, 1.54) is 29.5 Å². The Labute approximate surface area is 168 Å². The Morgan fingerprint density at radius 2 is 2.07 bits per heavy atom. The highest BCUT2D eigenvalue weighted by Gasteiger charge is 2.15. The molecule has 0 unspecified atom stereocenters. The molecule has 0 N–H and O–H groups in total. The second-order valence-electron chi connectivity index (χ2n) is 5.78. The highest BCUT2D eigenvalue weighted by atomic mass is 35.5. The van der Waals surface area contributed by atoms with Gasteiger partial charge >= 0.3 is 0 Å². The van der Waals surface area contributed by atoms with Gasteiger partial charge in [0.25, 0.3) is 5.69 Å². The molecule has 4 aromatic rings. The summed E-state index contributed by atoms with van der Waals surface area (Å²) in [5, 5.41) is 21.5. The molecule has 0 aliphatic carbocycles. The van der Waals surface area contributed by atoms with Crippen LogP contribution in [0, 0.1) is 21.4 Å². The molecule has 0 radical (unpaired) electrons. The van der Waals surface area contributed by atoms with Crippen LogP contribution in [0.1, 0.15) is 10.8 Å². The van der Waals surface area contributed by atoms with E-state index < -0.39 is 4.92 Å². The van der Waals surface area contributed by atoms with Crippen molar-refractivity contribution in [1.82, 2.24) is 4.98 Å². The topological polar surface area (TPSA) is 93.0 Å². The van der Waals surface area contributed by atoms with E-state index in [1.807, 2.05) is 24.3 Å². The lowest BCUT2D eigenvalue weighted by Gasteiger charge is -2.00. The smallest absolute Gasteiger partial charge is 0.270 e. The molecule has 4 rings (SSSR count). The molecule has 6 nitrogen and oxygen atoms in total. The van der Waals surface area contributed by atoms with E-state index >= 15 is 0 Å². The Bertz CT molecular complexity index is 1250. The Hall–Kier alpha value is -3.47. The average molecular weight is 408 g/mol. The van der Waals surface area contributed by atoms with Crippen LogP contribution >= 0.6 is 22.9 Å². The SMILES string of the molecule is N#CC(=Cc1ccc(-c2cc([N+](=O)[O-])ccc2Cl)o1)c1nc2ccccc2s1. The summed E-state index contributed by atoms with van der Waals surface area (Å²) >= 11 is 7.58. The Balaban J connectivity index is 1.71. The molecule has 0 saturated heterocycles. The maximum absolute atomic E-state index is 11.0. The summed E-state index contributed by atoms with van der Waals surface area (Å²) in [6, 6.07) is 17.3. The molecule has 0 aliphatic heterocycles. The van der Waals surface area contributed by atoms with E-state index in [0.29, 0.717) is 32.7 Å². The van der Waals surface area contributed by atoms with Crippen LogP contribution in [0.25, 0.3) is 33.2 Å². The van der Waals surface area contributed by atoms with Crippen LogP contribution in [0.3, 0.4) is 0 Å². The minimum Gasteiger partial charge on any atom is -0.457 e. The summed E-state index contributed by atoms with van der Waals surface area (Å²) < 4.78 is 6.74. The monoisotopic (exact) mass is 407 g/mol. The fourth-order valence-electron chi connectivity index (χ4n) is 2.66. The Morgan fingerprint density at radius 1 is 1.25 bits per heavy atom. The Morgan fingerprint density at radius 3 is 2.82 bits per heavy atom. The van der Waals surface area contributed by atoms with Gasteiger partial charge in [-0.05, 0) is 30.3 Å². The molecule has 0 atom stereocenters. The molecule has 0 aliphatic rings. The van der Waals surface area contributed by atoms with Gasteiger partial charge in [0.15, 0.2) is 0 Å². The summed E-state index contributed by atoms with van der Waals surface area (Å²) in [6.45, 7) is 0. The van der Waals surface area contributed by atoms with E-state index in [2.05, 4.69) is 11.1 Å². The first kappa shape index (κ1) is 17.9. The van der Waals surface area contributed by atoms with Crippen LogP contribution in [0.5, 0.6) is 0 Å². The van der Waals surface area contributed by atoms with Crippen molar-refractivity contribution in [2.24, 2.45) is 0 Å². The molecule has 0 fully saturated rings. The molecule has 28 heavy (non-hydrogen) atoms. The molecule has 0 bridgehead atoms. The van der Waals surface area contributed by atoms with Crippen molar-refractivity contribution in [2.75, 3.05) is 0 Å². The zero-order valence-electron chi connectivity index (χ0n) is 14.1. The number of nitro groups is 1. The lowest BCUT2D eigenvalue weighted by Crippen LogP contribution is -1.88. The van der Waals surface area contributed by atoms with Crippen LogP contribution in [-0.2, 0) is 0 Å². The average Bonchev–Trinajstić information content (AvgIpc) is 3.33. The fraction of sp³-hybridized carbons (Fsp3) is 0. The number of non-ortho nitro benzene ring substituents is 1. The number of nitro benzene ring substituents is 1. The van der Waals surface area contributed by atoms with Crippen molar-refractivity contribution in [1.29, 1.82) is 5.26 Å². The van der Waals surface area contributed by atoms with E-state index in [-0.39, 0.29) is 5.69 Å². The third-order valence-electron chi connectivity index (χ3n) is 3.98. The molecular formula is C20H10ClN3O3S. The number of hydrogen-bond donors (Lipinski definition) is 0. The first-order valence-electron chi connectivity index (χ1n) is 8.07. The first-order chi connectivity index (χ1) is 13.5. The number of thiazole rings is 1. The van der Waals surface area contributed by atoms with Crippen molar-refractivity contribution in [3.63, 3.8) is 0 Å². The van der Waals surface area contributed by atoms with Crippen LogP contribution in [0.15, 0.2) is 59.0 Å². The summed E-state index contributed by atoms with van der Waals surface area (Å²) in [6.07, 6.45) is 1.59. The standard InChI is InChI=1S/C20H10ClN3O3S/c21-16-7-5-13(24(25)26)10-15(16)18-8-6-14(27-18)9-12(11-22)20-23-17-3-1-2-4-19(17)28-20/h1-10H. The maximum Gasteiger partial charge on any atom is 0.270 e. The number of para-hydroxylation sites is 1. The number of benzene rings is 2. The van der Waals surface area contributed by atoms with Gasteiger partial charge in [-0.3, -0.25) is 10.1 Å². The van der Waals surface area contributed by atoms with Gasteiger partial charge in [0.1, 0.15) is 22.6 Å². The third kappa shape index (κ3) is 3.39. The van der Waals surface area contributed by atoms with Crippen molar-refractivity contribution in [3.05, 3.63) is 80.5 Å². The number of nitriles is 1. The summed E-state index contributed by atoms with van der Waals surface area (Å²) in [5.74, 6) is 0.801. The number of allylic oxidation sites excluding steroid dienone is 1. The number of aromatic nitrogens is 1. The zero-order chi connectivity index (χ0) is 19.7. The lowest BCUT2D eigenvalue weighted by atomic mass is 10.1. The predicted octanol–water partition coefficient (Wildman–Crippen LogP) is 6.18. The van der Waals surface area contributed by atoms with Crippen LogP contribution in [0.2, 0.25) is 5.02 Å². The van der Waals surface area contributed by atoms with Gasteiger partial charge in [-0.2, -0.15) is 5.26 Å². The second kappa shape index (κ2) is 7.27. The van der Waals surface area contributed by atoms with Crippen LogP contribution in [-0.4, -0.2) is 9.91 Å². The van der Waals surface area contributed by atoms with E-state index in [4.69, 9.17) is 16.0 Å². The molecule has 8 heteroatoms. The van der Waals surface area contributed by atoms with Gasteiger partial charge in [-0.1, -0.05) is 23.7 Å². The van der Waals surface area contributed by atoms with Gasteiger partial charge in [0.2, 0.25) is 0 Å². The fourth-order valence-corrected chi connectivity index (χ4v) is 3.80. The quantitative estimate of drug-likeness (QED) is 0.228. The maximum atomic E-state index is 11.0. The normalized spacial score (nSPS) is 11.5. The van der Waals surface area contributed by atoms with Gasteiger partial charge < -0.3 is 4.42 Å². The molecule has 0 amide bonds. The number of hydrogen-bond acceptors (Lipinski definition) is 6. The highest BCUT2D eigenvalue weighted by Crippen LogP contribution is 2.34. The van der Waals surface area contributed by atoms with Gasteiger partial charge in [0.05, 0.1) is 25.7 Å². The highest BCUT2D eigenvalue weighted by molar-refractivity contribution is 7.19. The Kier molecular flexibility index (Phi) is 4.65. The number of fused-ring (bicyclic) bond motifs is 1. The lowest BCUT2D eigenvalue weighted by molar-refractivity contribution is -0.384. The van der Waals surface area contributed by atoms with Gasteiger partial charge in [-0.15, -0.1) is 11.3 Å². The largest absolute Gasteiger partial charge is 0.457 e. The summed E-state index contributed by atoms with van der Waals surface area (Å²) in [5.41, 5.74) is 1.52. The molecule has 0 saturated carbocycles. The minimum atomic E-state index is -0.496. The molecule has 0 spiro atoms. The molecule has 136 valence electrons. The van der Waals surface area contributed by atoms with E-state index in [1.54, 1.807) is 18.2 Å². The van der Waals surface area contributed by atoms with Gasteiger partial charge in [0, 0.05) is 23.8 Å². The molecular weight excluding hydrogens is 398 g/mol. The molecule has 2 aromatic heterocycles. The number of furan rings is 1. The number of rotatable bonds is 4. The van der Waals surface area contributed by atoms with E-state index in [9.17, 15) is 15.4 Å². The zero-order valence-corrected chi connectivity index (χ0v) is 15.7. The number of nitrogens with zero attached hydrogens (tertiary/aromatic N) is 3. The van der Waals surface area contributed by atoms with Crippen molar-refractivity contribution < 1.29 is 9.34 Å². The van der Waals surface area contributed by atoms with E-state index in [0.717, 1.165) is 10.2 Å². The summed E-state index contributed by atoms with van der Waals surface area (Å²) in [4.78, 5) is 15.0. The predicted molar refractivity (Wildman–Crippen MR) is 109 cm³/mol. The van der Waals surface area contributed by atoms with Crippen molar-refractivity contribution in [3.8, 4) is 17.4 Å². The molecule has 2 aromatic carbocycles. The minimum absolute atomic E-state index is 0.0833. The van der Waals surface area contributed by atoms with Crippen molar-refractivity contribution in [2.45, 2.75) is 0 Å². The van der Waals surface area contributed by atoms with Crippen LogP contribution < -0.4 is 0 Å². The first-order valence-corrected chi connectivity index (χ1v) is 9.26. The van der Waals surface area contributed by atoms with Crippen molar-refractivity contribution >= 4 is 50.5 Å². The second-order valence-corrected chi connectivity index (χ2v) is 7.22. The third-order valence-corrected chi connectivity index (χ3v) is 5.38. The molecule has 2 heterocycles. The summed E-state index contributed by atoms with van der Waals surface area (Å²) in [7, 11) is 0. The van der Waals surface area contributed by atoms with Crippen LogP contribution in [0.4, 0.5) is 5.69 Å².